The van der Waals surface area contributed by atoms with Gasteiger partial charge in [-0.1, -0.05) is 29.3 Å². The van der Waals surface area contributed by atoms with Gasteiger partial charge in [0.25, 0.3) is 5.69 Å². The molecule has 0 saturated heterocycles. The number of carbonyl (C=O) groups is 1. The number of benzene rings is 2. The molecule has 0 heterocycles. The summed E-state index contributed by atoms with van der Waals surface area (Å²) in [5, 5.41) is 11.7. The Labute approximate surface area is 170 Å². The van der Waals surface area contributed by atoms with Crippen molar-refractivity contribution in [2.75, 3.05) is 13.7 Å². The fraction of sp³-hybridized carbons (Fsp3) is 0.188. The number of nitrogens with zero attached hydrogens (tertiary/aromatic N) is 1. The maximum atomic E-state index is 12.3. The minimum Gasteiger partial charge on any atom is -0.497 e. The Balaban J connectivity index is 2.07. The molecular formula is C16H14Cl2N2O7S. The third-order valence-electron chi connectivity index (χ3n) is 3.50. The van der Waals surface area contributed by atoms with Crippen molar-refractivity contribution in [2.24, 2.45) is 0 Å². The van der Waals surface area contributed by atoms with Crippen molar-refractivity contribution < 1.29 is 27.6 Å². The molecule has 0 unspecified atom stereocenters. The van der Waals surface area contributed by atoms with Gasteiger partial charge in [0.2, 0.25) is 10.0 Å². The van der Waals surface area contributed by atoms with E-state index in [1.165, 1.54) is 13.2 Å². The van der Waals surface area contributed by atoms with Crippen molar-refractivity contribution in [3.63, 3.8) is 0 Å². The zero-order valence-electron chi connectivity index (χ0n) is 14.3. The van der Waals surface area contributed by atoms with Gasteiger partial charge in [-0.05, 0) is 24.3 Å². The highest BCUT2D eigenvalue weighted by molar-refractivity contribution is 7.89. The summed E-state index contributed by atoms with van der Waals surface area (Å²) in [5.41, 5.74) is -0.323. The monoisotopic (exact) mass is 448 g/mol. The van der Waals surface area contributed by atoms with E-state index in [1.54, 1.807) is 18.2 Å². The first-order valence-corrected chi connectivity index (χ1v) is 9.80. The van der Waals surface area contributed by atoms with Gasteiger partial charge < -0.3 is 9.47 Å². The van der Waals surface area contributed by atoms with Crippen LogP contribution in [0.3, 0.4) is 0 Å². The van der Waals surface area contributed by atoms with Crippen LogP contribution in [0.15, 0.2) is 41.3 Å². The number of carbonyl (C=O) groups excluding carboxylic acids is 1. The summed E-state index contributed by atoms with van der Waals surface area (Å²) in [5.74, 6) is -0.808. The van der Waals surface area contributed by atoms with Crippen LogP contribution in [0.2, 0.25) is 10.0 Å². The number of hydrogen-bond donors (Lipinski definition) is 1. The zero-order valence-corrected chi connectivity index (χ0v) is 16.7. The summed E-state index contributed by atoms with van der Waals surface area (Å²) in [6, 6.07) is 7.95. The Morgan fingerprint density at radius 1 is 1.21 bits per heavy atom. The van der Waals surface area contributed by atoms with Crippen molar-refractivity contribution in [3.8, 4) is 5.75 Å². The van der Waals surface area contributed by atoms with Crippen molar-refractivity contribution in [1.82, 2.24) is 4.72 Å². The topological polar surface area (TPSA) is 125 Å². The smallest absolute Gasteiger partial charge is 0.321 e. The van der Waals surface area contributed by atoms with Gasteiger partial charge in [0.05, 0.1) is 18.1 Å². The van der Waals surface area contributed by atoms with Crippen LogP contribution in [0.1, 0.15) is 5.56 Å². The molecule has 9 nitrogen and oxygen atoms in total. The Hall–Kier alpha value is -2.40. The first kappa shape index (κ1) is 21.9. The van der Waals surface area contributed by atoms with E-state index in [9.17, 15) is 23.3 Å². The van der Waals surface area contributed by atoms with E-state index in [-0.39, 0.29) is 22.4 Å². The van der Waals surface area contributed by atoms with Crippen LogP contribution >= 0.6 is 23.2 Å². The largest absolute Gasteiger partial charge is 0.497 e. The van der Waals surface area contributed by atoms with Crippen molar-refractivity contribution >= 4 is 44.9 Å². The highest BCUT2D eigenvalue weighted by Gasteiger charge is 2.27. The number of sulfonamides is 1. The summed E-state index contributed by atoms with van der Waals surface area (Å²) in [7, 11) is -3.07. The van der Waals surface area contributed by atoms with Crippen LogP contribution in [0.5, 0.6) is 5.75 Å². The Kier molecular flexibility index (Phi) is 7.19. The quantitative estimate of drug-likeness (QED) is 0.373. The second kappa shape index (κ2) is 9.20. The van der Waals surface area contributed by atoms with E-state index in [4.69, 9.17) is 32.7 Å². The number of nitrogens with one attached hydrogen (secondary N) is 1. The predicted octanol–water partition coefficient (Wildman–Crippen LogP) is 2.93. The van der Waals surface area contributed by atoms with Crippen LogP contribution in [0, 0.1) is 10.1 Å². The Morgan fingerprint density at radius 2 is 1.86 bits per heavy atom. The SMILES string of the molecule is COc1ccc(S(=O)(=O)NCC(=O)OCc2c(Cl)cccc2Cl)c([N+](=O)[O-])c1. The van der Waals surface area contributed by atoms with Gasteiger partial charge in [0.15, 0.2) is 4.90 Å². The Morgan fingerprint density at radius 3 is 2.43 bits per heavy atom. The molecule has 0 atom stereocenters. The molecule has 0 aliphatic heterocycles. The average molecular weight is 449 g/mol. The maximum Gasteiger partial charge on any atom is 0.321 e. The van der Waals surface area contributed by atoms with Crippen LogP contribution in [-0.2, 0) is 26.2 Å². The van der Waals surface area contributed by atoms with E-state index in [1.807, 2.05) is 4.72 Å². The molecule has 12 heteroatoms. The van der Waals surface area contributed by atoms with E-state index in [0.717, 1.165) is 12.1 Å². The van der Waals surface area contributed by atoms with Gasteiger partial charge in [-0.15, -0.1) is 0 Å². The lowest BCUT2D eigenvalue weighted by Crippen LogP contribution is -2.31. The molecule has 0 aliphatic carbocycles. The summed E-state index contributed by atoms with van der Waals surface area (Å²) in [4.78, 5) is 21.5. The first-order chi connectivity index (χ1) is 13.2. The van der Waals surface area contributed by atoms with Gasteiger partial charge in [0.1, 0.15) is 18.9 Å². The number of nitro benzene ring substituents is 1. The van der Waals surface area contributed by atoms with Crippen LogP contribution in [-0.4, -0.2) is 33.0 Å². The standard InChI is InChI=1S/C16H14Cl2N2O7S/c1-26-10-5-6-15(14(7-10)20(22)23)28(24,25)19-8-16(21)27-9-11-12(17)3-2-4-13(11)18/h2-7,19H,8-9H2,1H3. The maximum absolute atomic E-state index is 12.3. The highest BCUT2D eigenvalue weighted by Crippen LogP contribution is 2.28. The molecule has 2 aromatic rings. The molecule has 0 amide bonds. The van der Waals surface area contributed by atoms with Crippen LogP contribution in [0.25, 0.3) is 0 Å². The van der Waals surface area contributed by atoms with Crippen LogP contribution < -0.4 is 9.46 Å². The molecule has 0 radical (unpaired) electrons. The summed E-state index contributed by atoms with van der Waals surface area (Å²) in [6.45, 7) is -1.00. The lowest BCUT2D eigenvalue weighted by atomic mass is 10.2. The van der Waals surface area contributed by atoms with Gasteiger partial charge >= 0.3 is 5.97 Å². The fourth-order valence-electron chi connectivity index (χ4n) is 2.10. The summed E-state index contributed by atoms with van der Waals surface area (Å²) < 4.78 is 36.4. The summed E-state index contributed by atoms with van der Waals surface area (Å²) >= 11 is 11.9. The number of hydrogen-bond acceptors (Lipinski definition) is 7. The van der Waals surface area contributed by atoms with E-state index >= 15 is 0 Å². The van der Waals surface area contributed by atoms with E-state index < -0.39 is 38.0 Å². The number of ether oxygens (including phenoxy) is 2. The van der Waals surface area contributed by atoms with Crippen LogP contribution in [0.4, 0.5) is 5.69 Å². The molecule has 28 heavy (non-hydrogen) atoms. The molecule has 0 aromatic heterocycles. The summed E-state index contributed by atoms with van der Waals surface area (Å²) in [6.07, 6.45) is 0. The van der Waals surface area contributed by atoms with Gasteiger partial charge in [-0.25, -0.2) is 8.42 Å². The third kappa shape index (κ3) is 5.32. The average Bonchev–Trinajstić information content (AvgIpc) is 2.65. The van der Waals surface area contributed by atoms with Crippen molar-refractivity contribution in [1.29, 1.82) is 0 Å². The lowest BCUT2D eigenvalue weighted by Gasteiger charge is -2.10. The molecule has 2 rings (SSSR count). The van der Waals surface area contributed by atoms with Gasteiger partial charge in [-0.2, -0.15) is 4.72 Å². The number of nitro groups is 1. The number of esters is 1. The molecule has 0 fully saturated rings. The molecule has 0 bridgehead atoms. The van der Waals surface area contributed by atoms with Crippen molar-refractivity contribution in [2.45, 2.75) is 11.5 Å². The lowest BCUT2D eigenvalue weighted by molar-refractivity contribution is -0.387. The molecule has 2 aromatic carbocycles. The Bertz CT molecular complexity index is 992. The molecule has 0 aliphatic rings. The second-order valence-corrected chi connectivity index (χ2v) is 7.83. The van der Waals surface area contributed by atoms with E-state index in [2.05, 4.69) is 0 Å². The fourth-order valence-corrected chi connectivity index (χ4v) is 3.73. The molecule has 0 spiro atoms. The third-order valence-corrected chi connectivity index (χ3v) is 5.65. The first-order valence-electron chi connectivity index (χ1n) is 7.56. The zero-order chi connectivity index (χ0) is 20.9. The van der Waals surface area contributed by atoms with E-state index in [0.29, 0.717) is 5.56 Å². The minimum atomic E-state index is -4.36. The van der Waals surface area contributed by atoms with Crippen molar-refractivity contribution in [3.05, 3.63) is 62.1 Å². The molecule has 150 valence electrons. The molecule has 0 saturated carbocycles. The number of rotatable bonds is 8. The van der Waals surface area contributed by atoms with Gasteiger partial charge in [-0.3, -0.25) is 14.9 Å². The number of methoxy groups -OCH3 is 1. The molecular weight excluding hydrogens is 435 g/mol. The minimum absolute atomic E-state index is 0.113. The predicted molar refractivity (Wildman–Crippen MR) is 101 cm³/mol. The second-order valence-electron chi connectivity index (χ2n) is 5.28. The molecule has 1 N–H and O–H groups in total. The normalized spacial score (nSPS) is 11.1. The highest BCUT2D eigenvalue weighted by atomic mass is 35.5. The van der Waals surface area contributed by atoms with Gasteiger partial charge in [0, 0.05) is 15.6 Å². The number of halogens is 2.